The van der Waals surface area contributed by atoms with E-state index in [0.29, 0.717) is 5.75 Å². The molecule has 1 rings (SSSR count). The molecule has 1 aromatic rings. The molecule has 0 radical (unpaired) electrons. The minimum Gasteiger partial charge on any atom is -0.477 e. The van der Waals surface area contributed by atoms with Crippen LogP contribution in [0.15, 0.2) is 28.7 Å². The number of nitrogens with two attached hydrogens (primary N) is 1. The highest BCUT2D eigenvalue weighted by atomic mass is 79.9. The van der Waals surface area contributed by atoms with Gasteiger partial charge in [-0.05, 0) is 41.9 Å². The van der Waals surface area contributed by atoms with E-state index in [2.05, 4.69) is 15.9 Å². The summed E-state index contributed by atoms with van der Waals surface area (Å²) in [6.45, 7) is 3.27. The Kier molecular flexibility index (Phi) is 3.16. The van der Waals surface area contributed by atoms with Gasteiger partial charge in [0.25, 0.3) is 5.91 Å². The van der Waals surface area contributed by atoms with Crippen LogP contribution in [0.2, 0.25) is 0 Å². The van der Waals surface area contributed by atoms with Gasteiger partial charge >= 0.3 is 0 Å². The van der Waals surface area contributed by atoms with Crippen LogP contribution >= 0.6 is 15.9 Å². The van der Waals surface area contributed by atoms with Gasteiger partial charge in [-0.2, -0.15) is 0 Å². The molecule has 0 fully saturated rings. The lowest BCUT2D eigenvalue weighted by Gasteiger charge is -2.23. The lowest BCUT2D eigenvalue weighted by Crippen LogP contribution is -2.43. The zero-order valence-corrected chi connectivity index (χ0v) is 9.67. The number of rotatable bonds is 3. The van der Waals surface area contributed by atoms with Crippen LogP contribution in [0, 0.1) is 0 Å². The second kappa shape index (κ2) is 4.00. The third-order valence-electron chi connectivity index (χ3n) is 1.80. The van der Waals surface area contributed by atoms with Crippen molar-refractivity contribution in [2.75, 3.05) is 0 Å². The van der Waals surface area contributed by atoms with Gasteiger partial charge in [-0.3, -0.25) is 4.79 Å². The van der Waals surface area contributed by atoms with Crippen LogP contribution in [0.1, 0.15) is 13.8 Å². The fraction of sp³-hybridized carbons (Fsp3) is 0.300. The topological polar surface area (TPSA) is 52.3 Å². The summed E-state index contributed by atoms with van der Waals surface area (Å²) < 4.78 is 6.27. The summed E-state index contributed by atoms with van der Waals surface area (Å²) in [6, 6.07) is 7.31. The summed E-state index contributed by atoms with van der Waals surface area (Å²) in [6.07, 6.45) is 0. The largest absolute Gasteiger partial charge is 0.477 e. The number of carbonyl (C=O) groups excluding carboxylic acids is 1. The number of carbonyl (C=O) groups is 1. The lowest BCUT2D eigenvalue weighted by atomic mass is 10.1. The Labute approximate surface area is 91.4 Å². The zero-order valence-electron chi connectivity index (χ0n) is 8.08. The van der Waals surface area contributed by atoms with Gasteiger partial charge in [0, 0.05) is 0 Å². The predicted octanol–water partition coefficient (Wildman–Crippen LogP) is 2.09. The van der Waals surface area contributed by atoms with Crippen LogP contribution in [0.5, 0.6) is 5.75 Å². The second-order valence-corrected chi connectivity index (χ2v) is 4.26. The number of hydrogen-bond acceptors (Lipinski definition) is 2. The first-order chi connectivity index (χ1) is 6.43. The molecule has 1 amide bonds. The van der Waals surface area contributed by atoms with Crippen molar-refractivity contribution in [3.8, 4) is 5.75 Å². The highest BCUT2D eigenvalue weighted by Gasteiger charge is 2.27. The molecule has 2 N–H and O–H groups in total. The summed E-state index contributed by atoms with van der Waals surface area (Å²) in [5, 5.41) is 0. The molecule has 0 aliphatic carbocycles. The van der Waals surface area contributed by atoms with Crippen molar-refractivity contribution in [1.82, 2.24) is 0 Å². The van der Waals surface area contributed by atoms with Crippen molar-refractivity contribution in [1.29, 1.82) is 0 Å². The molecule has 76 valence electrons. The van der Waals surface area contributed by atoms with Gasteiger partial charge in [-0.1, -0.05) is 12.1 Å². The van der Waals surface area contributed by atoms with E-state index in [1.54, 1.807) is 19.9 Å². The first kappa shape index (κ1) is 11.0. The molecule has 14 heavy (non-hydrogen) atoms. The number of halogens is 1. The Morgan fingerprint density at radius 2 is 2.00 bits per heavy atom. The van der Waals surface area contributed by atoms with E-state index in [1.807, 2.05) is 18.2 Å². The van der Waals surface area contributed by atoms with Crippen LogP contribution in [0.3, 0.4) is 0 Å². The number of amides is 1. The summed E-state index contributed by atoms with van der Waals surface area (Å²) in [5.74, 6) is 0.115. The van der Waals surface area contributed by atoms with Crippen molar-refractivity contribution in [3.63, 3.8) is 0 Å². The highest BCUT2D eigenvalue weighted by molar-refractivity contribution is 9.10. The van der Waals surface area contributed by atoms with Crippen molar-refractivity contribution in [2.45, 2.75) is 19.4 Å². The maximum Gasteiger partial charge on any atom is 0.261 e. The SMILES string of the molecule is CC(C)(Oc1ccccc1Br)C(N)=O. The summed E-state index contributed by atoms with van der Waals surface area (Å²) >= 11 is 3.32. The normalized spacial score (nSPS) is 11.1. The van der Waals surface area contributed by atoms with Gasteiger partial charge in [0.05, 0.1) is 4.47 Å². The first-order valence-corrected chi connectivity index (χ1v) is 4.96. The van der Waals surface area contributed by atoms with E-state index in [4.69, 9.17) is 10.5 Å². The third-order valence-corrected chi connectivity index (χ3v) is 2.45. The molecule has 3 nitrogen and oxygen atoms in total. The summed E-state index contributed by atoms with van der Waals surface area (Å²) in [4.78, 5) is 11.0. The van der Waals surface area contributed by atoms with Crippen LogP contribution in [0.4, 0.5) is 0 Å². The molecule has 0 saturated heterocycles. The van der Waals surface area contributed by atoms with E-state index >= 15 is 0 Å². The monoisotopic (exact) mass is 257 g/mol. The molecule has 4 heteroatoms. The molecule has 0 aliphatic rings. The predicted molar refractivity (Wildman–Crippen MR) is 58.0 cm³/mol. The Hall–Kier alpha value is -1.03. The van der Waals surface area contributed by atoms with Crippen molar-refractivity contribution in [2.24, 2.45) is 5.73 Å². The number of benzene rings is 1. The van der Waals surface area contributed by atoms with E-state index in [9.17, 15) is 4.79 Å². The molecule has 0 atom stereocenters. The van der Waals surface area contributed by atoms with Crippen LogP contribution < -0.4 is 10.5 Å². The Bertz CT molecular complexity index is 350. The molecule has 0 aliphatic heterocycles. The molecule has 0 unspecified atom stereocenters. The maximum atomic E-state index is 11.0. The minimum absolute atomic E-state index is 0.492. The Morgan fingerprint density at radius 3 is 2.50 bits per heavy atom. The van der Waals surface area contributed by atoms with Crippen molar-refractivity contribution >= 4 is 21.8 Å². The smallest absolute Gasteiger partial charge is 0.261 e. The molecule has 0 heterocycles. The van der Waals surface area contributed by atoms with E-state index in [0.717, 1.165) is 4.47 Å². The molecular formula is C10H12BrNO2. The van der Waals surface area contributed by atoms with Crippen LogP contribution in [-0.4, -0.2) is 11.5 Å². The molecule has 0 aromatic heterocycles. The molecule has 1 aromatic carbocycles. The highest BCUT2D eigenvalue weighted by Crippen LogP contribution is 2.27. The van der Waals surface area contributed by atoms with Crippen molar-refractivity contribution in [3.05, 3.63) is 28.7 Å². The maximum absolute atomic E-state index is 11.0. The average molecular weight is 258 g/mol. The van der Waals surface area contributed by atoms with Gasteiger partial charge < -0.3 is 10.5 Å². The van der Waals surface area contributed by atoms with E-state index in [1.165, 1.54) is 0 Å². The molecule has 0 saturated carbocycles. The van der Waals surface area contributed by atoms with Crippen LogP contribution in [0.25, 0.3) is 0 Å². The molecule has 0 spiro atoms. The van der Waals surface area contributed by atoms with Gasteiger partial charge in [0.2, 0.25) is 0 Å². The fourth-order valence-electron chi connectivity index (χ4n) is 0.853. The van der Waals surface area contributed by atoms with Gasteiger partial charge in [0.1, 0.15) is 5.75 Å². The first-order valence-electron chi connectivity index (χ1n) is 4.17. The van der Waals surface area contributed by atoms with E-state index < -0.39 is 11.5 Å². The van der Waals surface area contributed by atoms with Gasteiger partial charge in [-0.25, -0.2) is 0 Å². The number of ether oxygens (including phenoxy) is 1. The van der Waals surface area contributed by atoms with Gasteiger partial charge in [-0.15, -0.1) is 0 Å². The summed E-state index contributed by atoms with van der Waals surface area (Å²) in [7, 11) is 0. The second-order valence-electron chi connectivity index (χ2n) is 3.41. The Balaban J connectivity index is 2.89. The molecule has 0 bridgehead atoms. The Morgan fingerprint density at radius 1 is 1.43 bits per heavy atom. The zero-order chi connectivity index (χ0) is 10.8. The third kappa shape index (κ3) is 2.48. The quantitative estimate of drug-likeness (QED) is 0.902. The minimum atomic E-state index is -0.996. The number of primary amides is 1. The number of para-hydroxylation sites is 1. The number of hydrogen-bond donors (Lipinski definition) is 1. The fourth-order valence-corrected chi connectivity index (χ4v) is 1.22. The summed E-state index contributed by atoms with van der Waals surface area (Å²) in [5.41, 5.74) is 4.19. The average Bonchev–Trinajstić information content (AvgIpc) is 2.08. The van der Waals surface area contributed by atoms with Crippen LogP contribution in [-0.2, 0) is 4.79 Å². The van der Waals surface area contributed by atoms with E-state index in [-0.39, 0.29) is 0 Å². The van der Waals surface area contributed by atoms with Gasteiger partial charge in [0.15, 0.2) is 5.60 Å². The van der Waals surface area contributed by atoms with Crippen molar-refractivity contribution < 1.29 is 9.53 Å². The molecular weight excluding hydrogens is 246 g/mol. The lowest BCUT2D eigenvalue weighted by molar-refractivity contribution is -0.130. The standard InChI is InChI=1S/C10H12BrNO2/c1-10(2,9(12)13)14-8-6-4-3-5-7(8)11/h3-6H,1-2H3,(H2,12,13).